The molecule has 1 aliphatic carbocycles. The van der Waals surface area contributed by atoms with Crippen LogP contribution < -0.4 is 10.1 Å². The van der Waals surface area contributed by atoms with Crippen molar-refractivity contribution in [3.05, 3.63) is 29.8 Å². The van der Waals surface area contributed by atoms with Crippen LogP contribution in [0.3, 0.4) is 0 Å². The molecule has 1 aliphatic heterocycles. The number of hydrogen-bond donors (Lipinski definition) is 1. The van der Waals surface area contributed by atoms with Crippen molar-refractivity contribution in [3.8, 4) is 5.75 Å². The van der Waals surface area contributed by atoms with Crippen LogP contribution in [0.5, 0.6) is 5.75 Å². The van der Waals surface area contributed by atoms with Gasteiger partial charge in [0, 0.05) is 12.5 Å². The number of para-hydroxylation sites is 1. The number of rotatable bonds is 2. The van der Waals surface area contributed by atoms with Crippen molar-refractivity contribution in [1.82, 2.24) is 5.32 Å². The normalized spacial score (nSPS) is 23.3. The smallest absolute Gasteiger partial charge is 0.261 e. The second kappa shape index (κ2) is 6.29. The zero-order valence-electron chi connectivity index (χ0n) is 11.9. The molecule has 0 spiro atoms. The van der Waals surface area contributed by atoms with Crippen LogP contribution in [-0.4, -0.2) is 18.1 Å². The third kappa shape index (κ3) is 3.14. The first-order valence-electron chi connectivity index (χ1n) is 7.88. The molecule has 1 atom stereocenters. The lowest BCUT2D eigenvalue weighted by Crippen LogP contribution is -2.43. The number of fused-ring (bicyclic) bond motifs is 1. The first-order chi connectivity index (χ1) is 9.83. The molecule has 0 radical (unpaired) electrons. The molecular weight excluding hydrogens is 250 g/mol. The number of nitrogens with one attached hydrogen (secondary N) is 1. The van der Waals surface area contributed by atoms with E-state index < -0.39 is 0 Å². The van der Waals surface area contributed by atoms with Gasteiger partial charge >= 0.3 is 0 Å². The fraction of sp³-hybridized carbons (Fsp3) is 0.588. The summed E-state index contributed by atoms with van der Waals surface area (Å²) < 4.78 is 5.75. The van der Waals surface area contributed by atoms with E-state index in [1.165, 1.54) is 32.1 Å². The fourth-order valence-electron chi connectivity index (χ4n) is 3.22. The van der Waals surface area contributed by atoms with Crippen LogP contribution in [0.15, 0.2) is 24.3 Å². The lowest BCUT2D eigenvalue weighted by Gasteiger charge is -2.22. The Balaban J connectivity index is 1.55. The lowest BCUT2D eigenvalue weighted by molar-refractivity contribution is -0.128. The molecule has 0 saturated heterocycles. The molecule has 2 aliphatic rings. The molecule has 1 fully saturated rings. The Morgan fingerprint density at radius 3 is 2.50 bits per heavy atom. The van der Waals surface area contributed by atoms with Crippen molar-refractivity contribution >= 4 is 5.91 Å². The molecule has 0 bridgehead atoms. The van der Waals surface area contributed by atoms with Gasteiger partial charge in [-0.05, 0) is 24.5 Å². The van der Waals surface area contributed by atoms with Crippen molar-refractivity contribution in [3.63, 3.8) is 0 Å². The minimum absolute atomic E-state index is 0.0618. The minimum atomic E-state index is -0.335. The maximum Gasteiger partial charge on any atom is 0.261 e. The summed E-state index contributed by atoms with van der Waals surface area (Å²) in [7, 11) is 0. The molecule has 3 heteroatoms. The van der Waals surface area contributed by atoms with Crippen molar-refractivity contribution in [2.24, 2.45) is 0 Å². The van der Waals surface area contributed by atoms with Crippen molar-refractivity contribution in [1.29, 1.82) is 0 Å². The Morgan fingerprint density at radius 2 is 1.75 bits per heavy atom. The number of carbonyl (C=O) groups excluding carboxylic acids is 1. The summed E-state index contributed by atoms with van der Waals surface area (Å²) in [5.41, 5.74) is 1.14. The van der Waals surface area contributed by atoms with Crippen LogP contribution in [-0.2, 0) is 11.2 Å². The zero-order chi connectivity index (χ0) is 13.8. The first kappa shape index (κ1) is 13.5. The van der Waals surface area contributed by atoms with Gasteiger partial charge < -0.3 is 10.1 Å². The molecule has 3 rings (SSSR count). The van der Waals surface area contributed by atoms with E-state index in [4.69, 9.17) is 4.74 Å². The SMILES string of the molecule is O=C(NC1CCCCCCC1)C1Cc2ccccc2O1. The molecule has 0 aromatic heterocycles. The highest BCUT2D eigenvalue weighted by molar-refractivity contribution is 5.82. The molecule has 1 saturated carbocycles. The number of hydrogen-bond acceptors (Lipinski definition) is 2. The Morgan fingerprint density at radius 1 is 1.05 bits per heavy atom. The Labute approximate surface area is 120 Å². The van der Waals surface area contributed by atoms with E-state index in [1.54, 1.807) is 0 Å². The largest absolute Gasteiger partial charge is 0.480 e. The van der Waals surface area contributed by atoms with Gasteiger partial charge in [-0.2, -0.15) is 0 Å². The molecule has 1 aromatic carbocycles. The molecule has 1 heterocycles. The Hall–Kier alpha value is -1.51. The molecule has 1 amide bonds. The predicted octanol–water partition coefficient (Wildman–Crippen LogP) is 3.22. The summed E-state index contributed by atoms with van der Waals surface area (Å²) in [4.78, 5) is 12.3. The summed E-state index contributed by atoms with van der Waals surface area (Å²) >= 11 is 0. The fourth-order valence-corrected chi connectivity index (χ4v) is 3.22. The van der Waals surface area contributed by atoms with Gasteiger partial charge in [-0.3, -0.25) is 4.79 Å². The van der Waals surface area contributed by atoms with E-state index in [1.807, 2.05) is 24.3 Å². The summed E-state index contributed by atoms with van der Waals surface area (Å²) in [6.45, 7) is 0. The van der Waals surface area contributed by atoms with Crippen LogP contribution in [0, 0.1) is 0 Å². The van der Waals surface area contributed by atoms with Gasteiger partial charge in [0.2, 0.25) is 0 Å². The Bertz CT molecular complexity index is 439. The molecule has 1 N–H and O–H groups in total. The quantitative estimate of drug-likeness (QED) is 0.898. The number of ether oxygens (including phenoxy) is 1. The summed E-state index contributed by atoms with van der Waals surface area (Å²) in [6, 6.07) is 8.28. The zero-order valence-corrected chi connectivity index (χ0v) is 11.9. The average Bonchev–Trinajstić information content (AvgIpc) is 2.85. The third-order valence-corrected chi connectivity index (χ3v) is 4.39. The Kier molecular flexibility index (Phi) is 4.24. The van der Waals surface area contributed by atoms with E-state index >= 15 is 0 Å². The third-order valence-electron chi connectivity index (χ3n) is 4.39. The highest BCUT2D eigenvalue weighted by atomic mass is 16.5. The van der Waals surface area contributed by atoms with Gasteiger partial charge in [-0.1, -0.05) is 50.3 Å². The first-order valence-corrected chi connectivity index (χ1v) is 7.88. The topological polar surface area (TPSA) is 38.3 Å². The number of amides is 1. The summed E-state index contributed by atoms with van der Waals surface area (Å²) in [6.07, 6.45) is 9.02. The van der Waals surface area contributed by atoms with Crippen LogP contribution in [0.1, 0.15) is 50.5 Å². The van der Waals surface area contributed by atoms with Gasteiger partial charge in [0.1, 0.15) is 5.75 Å². The molecule has 1 unspecified atom stereocenters. The average molecular weight is 273 g/mol. The molecule has 20 heavy (non-hydrogen) atoms. The molecule has 108 valence electrons. The standard InChI is InChI=1S/C17H23NO2/c19-17(18-14-9-4-2-1-3-5-10-14)16-12-13-8-6-7-11-15(13)20-16/h6-8,11,14,16H,1-5,9-10,12H2,(H,18,19). The molecular formula is C17H23NO2. The summed E-state index contributed by atoms with van der Waals surface area (Å²) in [5.74, 6) is 0.928. The highest BCUT2D eigenvalue weighted by Crippen LogP contribution is 2.28. The maximum atomic E-state index is 12.3. The molecule has 3 nitrogen and oxygen atoms in total. The minimum Gasteiger partial charge on any atom is -0.480 e. The van der Waals surface area contributed by atoms with Gasteiger partial charge in [0.05, 0.1) is 0 Å². The van der Waals surface area contributed by atoms with E-state index in [0.717, 1.165) is 24.2 Å². The van der Waals surface area contributed by atoms with E-state index in [9.17, 15) is 4.79 Å². The maximum absolute atomic E-state index is 12.3. The number of benzene rings is 1. The van der Waals surface area contributed by atoms with Gasteiger partial charge in [-0.25, -0.2) is 0 Å². The van der Waals surface area contributed by atoms with Crippen LogP contribution in [0.25, 0.3) is 0 Å². The van der Waals surface area contributed by atoms with E-state index in [-0.39, 0.29) is 12.0 Å². The van der Waals surface area contributed by atoms with Crippen molar-refractivity contribution in [2.45, 2.75) is 63.5 Å². The van der Waals surface area contributed by atoms with Crippen LogP contribution >= 0.6 is 0 Å². The van der Waals surface area contributed by atoms with E-state index in [0.29, 0.717) is 12.5 Å². The number of carbonyl (C=O) groups is 1. The highest BCUT2D eigenvalue weighted by Gasteiger charge is 2.29. The lowest BCUT2D eigenvalue weighted by atomic mass is 9.96. The van der Waals surface area contributed by atoms with Gasteiger partial charge in [0.25, 0.3) is 5.91 Å². The van der Waals surface area contributed by atoms with Gasteiger partial charge in [0.15, 0.2) is 6.10 Å². The predicted molar refractivity (Wildman–Crippen MR) is 78.8 cm³/mol. The van der Waals surface area contributed by atoms with Crippen LogP contribution in [0.2, 0.25) is 0 Å². The summed E-state index contributed by atoms with van der Waals surface area (Å²) in [5, 5.41) is 3.20. The van der Waals surface area contributed by atoms with Crippen LogP contribution in [0.4, 0.5) is 0 Å². The van der Waals surface area contributed by atoms with Crippen molar-refractivity contribution in [2.75, 3.05) is 0 Å². The van der Waals surface area contributed by atoms with Crippen molar-refractivity contribution < 1.29 is 9.53 Å². The molecule has 1 aromatic rings. The second-order valence-electron chi connectivity index (χ2n) is 5.97. The monoisotopic (exact) mass is 273 g/mol. The second-order valence-corrected chi connectivity index (χ2v) is 5.97. The van der Waals surface area contributed by atoms with E-state index in [2.05, 4.69) is 5.32 Å². The van der Waals surface area contributed by atoms with Gasteiger partial charge in [-0.15, -0.1) is 0 Å².